The summed E-state index contributed by atoms with van der Waals surface area (Å²) >= 11 is 8.68. The van der Waals surface area contributed by atoms with E-state index in [-0.39, 0.29) is 17.6 Å². The second-order valence-corrected chi connectivity index (χ2v) is 8.71. The van der Waals surface area contributed by atoms with Crippen molar-refractivity contribution in [1.82, 2.24) is 4.98 Å². The van der Waals surface area contributed by atoms with Crippen molar-refractivity contribution in [2.24, 2.45) is 0 Å². The lowest BCUT2D eigenvalue weighted by atomic mass is 10.2. The Morgan fingerprint density at radius 1 is 1.16 bits per heavy atom. The van der Waals surface area contributed by atoms with Crippen LogP contribution in [0, 0.1) is 6.92 Å². The maximum atomic E-state index is 12.7. The van der Waals surface area contributed by atoms with E-state index in [1.54, 1.807) is 44.4 Å². The molecular formula is C21H16ClN3O4S2. The van der Waals surface area contributed by atoms with Crippen LogP contribution >= 0.6 is 34.3 Å². The zero-order valence-corrected chi connectivity index (χ0v) is 18.8. The van der Waals surface area contributed by atoms with E-state index in [1.165, 1.54) is 28.9 Å². The molecule has 0 unspecified atom stereocenters. The molecule has 0 bridgehead atoms. The molecule has 31 heavy (non-hydrogen) atoms. The number of amides is 2. The number of hydrogen-bond donors (Lipinski definition) is 2. The second kappa shape index (κ2) is 8.93. The van der Waals surface area contributed by atoms with Crippen LogP contribution in [0.15, 0.2) is 52.5 Å². The molecule has 3 heterocycles. The Morgan fingerprint density at radius 3 is 2.71 bits per heavy atom. The van der Waals surface area contributed by atoms with Crippen molar-refractivity contribution >= 4 is 56.2 Å². The standard InChI is InChI=1S/C21H16ClN3O4S2/c1-11-8-17(24-19(26)16-4-3-7-29-16)31-18(11)20(27)25-21-23-14(10-30-21)12-5-6-15(28-2)13(22)9-12/h3-10H,1-2H3,(H,24,26)(H,23,25,27). The predicted octanol–water partition coefficient (Wildman–Crippen LogP) is 5.94. The molecule has 0 aliphatic heterocycles. The normalized spacial score (nSPS) is 10.7. The Morgan fingerprint density at radius 2 is 2.00 bits per heavy atom. The number of anilines is 2. The summed E-state index contributed by atoms with van der Waals surface area (Å²) in [5.74, 6) is 0.110. The Labute approximate surface area is 190 Å². The lowest BCUT2D eigenvalue weighted by Crippen LogP contribution is -2.11. The van der Waals surface area contributed by atoms with E-state index in [0.717, 1.165) is 11.1 Å². The summed E-state index contributed by atoms with van der Waals surface area (Å²) in [6, 6.07) is 10.3. The summed E-state index contributed by atoms with van der Waals surface area (Å²) in [7, 11) is 1.55. The van der Waals surface area contributed by atoms with Gasteiger partial charge in [-0.2, -0.15) is 0 Å². The maximum absolute atomic E-state index is 12.7. The molecule has 10 heteroatoms. The van der Waals surface area contributed by atoms with E-state index in [4.69, 9.17) is 20.8 Å². The van der Waals surface area contributed by atoms with Crippen molar-refractivity contribution in [1.29, 1.82) is 0 Å². The van der Waals surface area contributed by atoms with Crippen molar-refractivity contribution < 1.29 is 18.7 Å². The van der Waals surface area contributed by atoms with Crippen LogP contribution in [0.2, 0.25) is 5.02 Å². The lowest BCUT2D eigenvalue weighted by molar-refractivity contribution is 0.0995. The van der Waals surface area contributed by atoms with Crippen molar-refractivity contribution in [2.75, 3.05) is 17.7 Å². The number of thiazole rings is 1. The molecule has 4 aromatic rings. The molecule has 0 saturated carbocycles. The van der Waals surface area contributed by atoms with Gasteiger partial charge in [0, 0.05) is 10.9 Å². The van der Waals surface area contributed by atoms with Gasteiger partial charge < -0.3 is 14.5 Å². The van der Waals surface area contributed by atoms with E-state index >= 15 is 0 Å². The Kier molecular flexibility index (Phi) is 6.08. The minimum atomic E-state index is -0.374. The monoisotopic (exact) mass is 473 g/mol. The summed E-state index contributed by atoms with van der Waals surface area (Å²) < 4.78 is 10.2. The zero-order chi connectivity index (χ0) is 22.0. The fourth-order valence-corrected chi connectivity index (χ4v) is 4.73. The van der Waals surface area contributed by atoms with Crippen molar-refractivity contribution in [3.63, 3.8) is 0 Å². The molecule has 0 radical (unpaired) electrons. The summed E-state index contributed by atoms with van der Waals surface area (Å²) in [4.78, 5) is 29.8. The third-order valence-corrected chi connectivity index (χ3v) is 6.48. The van der Waals surface area contributed by atoms with Crippen molar-refractivity contribution in [3.05, 3.63) is 69.3 Å². The third kappa shape index (κ3) is 4.63. The molecule has 2 N–H and O–H groups in total. The summed E-state index contributed by atoms with van der Waals surface area (Å²) in [5.41, 5.74) is 2.26. The van der Waals surface area contributed by atoms with Crippen molar-refractivity contribution in [2.45, 2.75) is 6.92 Å². The van der Waals surface area contributed by atoms with Gasteiger partial charge in [-0.1, -0.05) is 11.6 Å². The third-order valence-electron chi connectivity index (χ3n) is 4.28. The largest absolute Gasteiger partial charge is 0.495 e. The van der Waals surface area contributed by atoms with Crippen LogP contribution in [0.5, 0.6) is 5.75 Å². The number of nitrogens with zero attached hydrogens (tertiary/aromatic N) is 1. The smallest absolute Gasteiger partial charge is 0.291 e. The molecule has 7 nitrogen and oxygen atoms in total. The summed E-state index contributed by atoms with van der Waals surface area (Å²) in [5, 5.41) is 8.88. The molecule has 0 aliphatic carbocycles. The number of carbonyl (C=O) groups excluding carboxylic acids is 2. The van der Waals surface area contributed by atoms with Gasteiger partial charge in [0.2, 0.25) is 0 Å². The molecule has 4 rings (SSSR count). The highest BCUT2D eigenvalue weighted by Crippen LogP contribution is 2.33. The number of nitrogens with one attached hydrogen (secondary N) is 2. The number of ether oxygens (including phenoxy) is 1. The molecular weight excluding hydrogens is 458 g/mol. The molecule has 1 aromatic carbocycles. The predicted molar refractivity (Wildman–Crippen MR) is 123 cm³/mol. The number of thiophene rings is 1. The first-order valence-corrected chi connectivity index (χ1v) is 11.1. The van der Waals surface area contributed by atoms with E-state index in [1.807, 2.05) is 11.4 Å². The number of hydrogen-bond acceptors (Lipinski definition) is 7. The summed E-state index contributed by atoms with van der Waals surface area (Å²) in [6.07, 6.45) is 1.43. The van der Waals surface area contributed by atoms with Crippen LogP contribution < -0.4 is 15.4 Å². The molecule has 2 amide bonds. The van der Waals surface area contributed by atoms with Crippen LogP contribution in [0.3, 0.4) is 0 Å². The maximum Gasteiger partial charge on any atom is 0.291 e. The molecule has 158 valence electrons. The first-order valence-electron chi connectivity index (χ1n) is 9.00. The van der Waals surface area contributed by atoms with Crippen LogP contribution in [0.4, 0.5) is 10.1 Å². The van der Waals surface area contributed by atoms with E-state index in [0.29, 0.717) is 31.5 Å². The molecule has 3 aromatic heterocycles. The Balaban J connectivity index is 1.46. The minimum absolute atomic E-state index is 0.200. The fraction of sp³-hybridized carbons (Fsp3) is 0.0952. The Bertz CT molecular complexity index is 1250. The van der Waals surface area contributed by atoms with Gasteiger partial charge in [-0.05, 0) is 48.9 Å². The zero-order valence-electron chi connectivity index (χ0n) is 16.4. The highest BCUT2D eigenvalue weighted by atomic mass is 35.5. The topological polar surface area (TPSA) is 93.5 Å². The Hall–Kier alpha value is -3.14. The van der Waals surface area contributed by atoms with E-state index in [9.17, 15) is 9.59 Å². The van der Waals surface area contributed by atoms with Gasteiger partial charge in [0.05, 0.1) is 34.0 Å². The van der Waals surface area contributed by atoms with Crippen LogP contribution in [0.25, 0.3) is 11.3 Å². The van der Waals surface area contributed by atoms with Gasteiger partial charge in [0.1, 0.15) is 5.75 Å². The number of rotatable bonds is 6. The first-order chi connectivity index (χ1) is 14.9. The number of aryl methyl sites for hydroxylation is 1. The first kappa shape index (κ1) is 21.1. The average molecular weight is 474 g/mol. The van der Waals surface area contributed by atoms with Crippen LogP contribution in [-0.4, -0.2) is 23.9 Å². The lowest BCUT2D eigenvalue weighted by Gasteiger charge is -2.04. The quantitative estimate of drug-likeness (QED) is 0.361. The SMILES string of the molecule is COc1ccc(-c2csc(NC(=O)c3sc(NC(=O)c4ccco4)cc3C)n2)cc1Cl. The number of aromatic nitrogens is 1. The average Bonchev–Trinajstić information content (AvgIpc) is 3.49. The molecule has 0 aliphatic rings. The van der Waals surface area contributed by atoms with Crippen LogP contribution in [-0.2, 0) is 0 Å². The van der Waals surface area contributed by atoms with Gasteiger partial charge in [0.25, 0.3) is 11.8 Å². The van der Waals surface area contributed by atoms with E-state index in [2.05, 4.69) is 15.6 Å². The highest BCUT2D eigenvalue weighted by Gasteiger charge is 2.18. The molecule has 0 saturated heterocycles. The highest BCUT2D eigenvalue weighted by molar-refractivity contribution is 7.18. The van der Waals surface area contributed by atoms with Crippen LogP contribution in [0.1, 0.15) is 25.8 Å². The van der Waals surface area contributed by atoms with Gasteiger partial charge in [0.15, 0.2) is 10.9 Å². The van der Waals surface area contributed by atoms with Gasteiger partial charge in [-0.15, -0.1) is 22.7 Å². The van der Waals surface area contributed by atoms with Crippen molar-refractivity contribution in [3.8, 4) is 17.0 Å². The fourth-order valence-electron chi connectivity index (χ4n) is 2.79. The van der Waals surface area contributed by atoms with Gasteiger partial charge >= 0.3 is 0 Å². The minimum Gasteiger partial charge on any atom is -0.495 e. The molecule has 0 fully saturated rings. The van der Waals surface area contributed by atoms with Gasteiger partial charge in [-0.3, -0.25) is 14.9 Å². The molecule has 0 spiro atoms. The van der Waals surface area contributed by atoms with Gasteiger partial charge in [-0.25, -0.2) is 4.98 Å². The van der Waals surface area contributed by atoms with E-state index < -0.39 is 0 Å². The molecule has 0 atom stereocenters. The number of benzene rings is 1. The number of methoxy groups -OCH3 is 1. The number of furan rings is 1. The number of carbonyl (C=O) groups is 2. The summed E-state index contributed by atoms with van der Waals surface area (Å²) in [6.45, 7) is 1.81. The number of halogens is 1. The second-order valence-electron chi connectivity index (χ2n) is 6.40.